The van der Waals surface area contributed by atoms with E-state index in [1.165, 1.54) is 11.1 Å². The Bertz CT molecular complexity index is 464. The summed E-state index contributed by atoms with van der Waals surface area (Å²) in [5.74, 6) is -2.00. The second-order valence-electron chi connectivity index (χ2n) is 6.09. The Balaban J connectivity index is 4.62. The number of carbonyl (C=O) groups is 2. The van der Waals surface area contributed by atoms with E-state index in [4.69, 9.17) is 9.47 Å². The zero-order valence-corrected chi connectivity index (χ0v) is 15.8. The van der Waals surface area contributed by atoms with Crippen LogP contribution in [0.4, 0.5) is 0 Å². The zero-order chi connectivity index (χ0) is 18.5. The third-order valence-electron chi connectivity index (χ3n) is 3.47. The molecule has 0 bridgehead atoms. The summed E-state index contributed by atoms with van der Waals surface area (Å²) in [7, 11) is 0. The number of carbonyl (C=O) groups excluding carboxylic acids is 2. The lowest BCUT2D eigenvalue weighted by Crippen LogP contribution is -2.28. The Kier molecular flexibility index (Phi) is 11.6. The summed E-state index contributed by atoms with van der Waals surface area (Å²) in [5.41, 5.74) is 3.42. The lowest BCUT2D eigenvalue weighted by molar-refractivity contribution is -0.161. The molecule has 136 valence electrons. The van der Waals surface area contributed by atoms with Crippen LogP contribution < -0.4 is 0 Å². The van der Waals surface area contributed by atoms with Crippen molar-refractivity contribution in [3.63, 3.8) is 0 Å². The van der Waals surface area contributed by atoms with Crippen LogP contribution in [-0.2, 0) is 19.1 Å². The van der Waals surface area contributed by atoms with Crippen LogP contribution in [0.5, 0.6) is 0 Å². The van der Waals surface area contributed by atoms with Crippen molar-refractivity contribution in [1.82, 2.24) is 0 Å². The van der Waals surface area contributed by atoms with Gasteiger partial charge in [0.1, 0.15) is 0 Å². The molecule has 0 aliphatic carbocycles. The first kappa shape index (κ1) is 22.2. The molecule has 0 aromatic heterocycles. The lowest BCUT2D eigenvalue weighted by atomic mass is 9.97. The molecule has 0 amide bonds. The van der Waals surface area contributed by atoms with Gasteiger partial charge in [-0.05, 0) is 60.3 Å². The van der Waals surface area contributed by atoms with Gasteiger partial charge in [-0.25, -0.2) is 0 Å². The van der Waals surface area contributed by atoms with Crippen LogP contribution in [-0.4, -0.2) is 25.2 Å². The second kappa shape index (κ2) is 12.6. The highest BCUT2D eigenvalue weighted by Crippen LogP contribution is 2.19. The second-order valence-corrected chi connectivity index (χ2v) is 6.09. The minimum atomic E-state index is -0.920. The molecule has 4 heteroatoms. The van der Waals surface area contributed by atoms with Crippen molar-refractivity contribution in [2.24, 2.45) is 5.92 Å². The third kappa shape index (κ3) is 10.0. The van der Waals surface area contributed by atoms with Crippen molar-refractivity contribution in [3.8, 4) is 0 Å². The third-order valence-corrected chi connectivity index (χ3v) is 3.47. The van der Waals surface area contributed by atoms with Crippen LogP contribution in [0.2, 0.25) is 0 Å². The molecule has 0 heterocycles. The fourth-order valence-electron chi connectivity index (χ4n) is 2.13. The van der Waals surface area contributed by atoms with Crippen LogP contribution in [0.15, 0.2) is 35.5 Å². The smallest absolute Gasteiger partial charge is 0.320 e. The van der Waals surface area contributed by atoms with Gasteiger partial charge < -0.3 is 9.47 Å². The van der Waals surface area contributed by atoms with Crippen LogP contribution in [0.1, 0.15) is 60.3 Å². The van der Waals surface area contributed by atoms with Gasteiger partial charge >= 0.3 is 11.9 Å². The van der Waals surface area contributed by atoms with Gasteiger partial charge in [-0.2, -0.15) is 0 Å². The van der Waals surface area contributed by atoms with Crippen LogP contribution in [0, 0.1) is 5.92 Å². The van der Waals surface area contributed by atoms with Crippen LogP contribution >= 0.6 is 0 Å². The molecule has 0 aromatic carbocycles. The summed E-state index contributed by atoms with van der Waals surface area (Å²) in [5, 5.41) is 0. The number of hydrogen-bond donors (Lipinski definition) is 0. The van der Waals surface area contributed by atoms with Crippen molar-refractivity contribution >= 4 is 11.9 Å². The number of rotatable bonds is 11. The molecule has 0 aliphatic rings. The Labute approximate surface area is 146 Å². The molecule has 0 saturated carbocycles. The van der Waals surface area contributed by atoms with E-state index < -0.39 is 17.9 Å². The molecule has 0 aliphatic heterocycles. The van der Waals surface area contributed by atoms with Crippen LogP contribution in [0.25, 0.3) is 0 Å². The van der Waals surface area contributed by atoms with E-state index in [1.54, 1.807) is 13.8 Å². The Morgan fingerprint density at radius 3 is 2.00 bits per heavy atom. The minimum Gasteiger partial charge on any atom is -0.465 e. The van der Waals surface area contributed by atoms with Crippen molar-refractivity contribution in [1.29, 1.82) is 0 Å². The topological polar surface area (TPSA) is 52.6 Å². The number of allylic oxidation sites excluding steroid dienone is 5. The van der Waals surface area contributed by atoms with E-state index in [2.05, 4.69) is 39.5 Å². The predicted molar refractivity (Wildman–Crippen MR) is 97.6 cm³/mol. The van der Waals surface area contributed by atoms with E-state index in [0.717, 1.165) is 18.4 Å². The molecule has 0 fully saturated rings. The Hall–Kier alpha value is -1.84. The van der Waals surface area contributed by atoms with Crippen molar-refractivity contribution < 1.29 is 19.1 Å². The Morgan fingerprint density at radius 1 is 1.00 bits per heavy atom. The lowest BCUT2D eigenvalue weighted by Gasteiger charge is -2.15. The molecule has 0 atom stereocenters. The highest BCUT2D eigenvalue weighted by atomic mass is 16.6. The SMILES string of the molecule is C=C(C/C=C(/C)CCC=C(C)C)CC(C(=O)OCC)C(=O)OCC. The van der Waals surface area contributed by atoms with Crippen molar-refractivity contribution in [3.05, 3.63) is 35.5 Å². The maximum atomic E-state index is 12.0. The van der Waals surface area contributed by atoms with Gasteiger partial charge in [-0.3, -0.25) is 9.59 Å². The molecule has 0 aromatic rings. The van der Waals surface area contributed by atoms with Gasteiger partial charge in [0.15, 0.2) is 5.92 Å². The summed E-state index contributed by atoms with van der Waals surface area (Å²) in [4.78, 5) is 23.9. The van der Waals surface area contributed by atoms with Gasteiger partial charge in [0.25, 0.3) is 0 Å². The quantitative estimate of drug-likeness (QED) is 0.310. The van der Waals surface area contributed by atoms with E-state index in [1.807, 2.05) is 0 Å². The summed E-state index contributed by atoms with van der Waals surface area (Å²) < 4.78 is 9.94. The van der Waals surface area contributed by atoms with Crippen LogP contribution in [0.3, 0.4) is 0 Å². The number of esters is 2. The molecule has 0 N–H and O–H groups in total. The molecule has 0 unspecified atom stereocenters. The first-order valence-corrected chi connectivity index (χ1v) is 8.60. The maximum Gasteiger partial charge on any atom is 0.320 e. The zero-order valence-electron chi connectivity index (χ0n) is 15.8. The summed E-state index contributed by atoms with van der Waals surface area (Å²) in [6.07, 6.45) is 7.24. The number of hydrogen-bond acceptors (Lipinski definition) is 4. The molecular formula is C20H32O4. The van der Waals surface area contributed by atoms with E-state index in [9.17, 15) is 9.59 Å². The monoisotopic (exact) mass is 336 g/mol. The number of ether oxygens (including phenoxy) is 2. The van der Waals surface area contributed by atoms with E-state index >= 15 is 0 Å². The Morgan fingerprint density at radius 2 is 1.54 bits per heavy atom. The summed E-state index contributed by atoms with van der Waals surface area (Å²) >= 11 is 0. The molecule has 0 saturated heterocycles. The average molecular weight is 336 g/mol. The highest BCUT2D eigenvalue weighted by Gasteiger charge is 2.29. The first-order chi connectivity index (χ1) is 11.3. The fourth-order valence-corrected chi connectivity index (χ4v) is 2.13. The highest BCUT2D eigenvalue weighted by molar-refractivity contribution is 5.95. The van der Waals surface area contributed by atoms with Gasteiger partial charge in [-0.1, -0.05) is 35.5 Å². The van der Waals surface area contributed by atoms with Gasteiger partial charge in [-0.15, -0.1) is 0 Å². The first-order valence-electron chi connectivity index (χ1n) is 8.60. The maximum absolute atomic E-state index is 12.0. The van der Waals surface area contributed by atoms with E-state index in [0.29, 0.717) is 6.42 Å². The molecule has 4 nitrogen and oxygen atoms in total. The molecule has 0 rings (SSSR count). The summed E-state index contributed by atoms with van der Waals surface area (Å²) in [6.45, 7) is 14.2. The van der Waals surface area contributed by atoms with Gasteiger partial charge in [0.05, 0.1) is 13.2 Å². The normalized spacial score (nSPS) is 11.2. The standard InChI is InChI=1S/C20H32O4/c1-7-23-19(21)18(20(22)24-8-2)14-17(6)13-12-16(5)11-9-10-15(3)4/h10,12,18H,6-9,11,13-14H2,1-5H3/b16-12-. The predicted octanol–water partition coefficient (Wildman–Crippen LogP) is 4.76. The van der Waals surface area contributed by atoms with Gasteiger partial charge in [0.2, 0.25) is 0 Å². The van der Waals surface area contributed by atoms with E-state index in [-0.39, 0.29) is 19.6 Å². The fraction of sp³-hybridized carbons (Fsp3) is 0.600. The summed E-state index contributed by atoms with van der Waals surface area (Å²) in [6, 6.07) is 0. The van der Waals surface area contributed by atoms with Crippen molar-refractivity contribution in [2.75, 3.05) is 13.2 Å². The van der Waals surface area contributed by atoms with Crippen molar-refractivity contribution in [2.45, 2.75) is 60.3 Å². The molecular weight excluding hydrogens is 304 g/mol. The van der Waals surface area contributed by atoms with Gasteiger partial charge in [0, 0.05) is 0 Å². The average Bonchev–Trinajstić information content (AvgIpc) is 2.50. The molecule has 0 radical (unpaired) electrons. The molecule has 24 heavy (non-hydrogen) atoms. The minimum absolute atomic E-state index is 0.241. The largest absolute Gasteiger partial charge is 0.465 e. The molecule has 0 spiro atoms.